The highest BCUT2D eigenvalue weighted by atomic mass is 16.2. The summed E-state index contributed by atoms with van der Waals surface area (Å²) in [5, 5.41) is 4.63. The average Bonchev–Trinajstić information content (AvgIpc) is 3.23. The number of hydrogen-bond donors (Lipinski definition) is 0. The zero-order valence-electron chi connectivity index (χ0n) is 17.7. The first-order valence-corrected chi connectivity index (χ1v) is 10.1. The molecule has 2 heterocycles. The highest BCUT2D eigenvalue weighted by Crippen LogP contribution is 2.35. The fourth-order valence-corrected chi connectivity index (χ4v) is 4.31. The van der Waals surface area contributed by atoms with E-state index in [1.807, 2.05) is 45.7 Å². The van der Waals surface area contributed by atoms with Gasteiger partial charge in [0.15, 0.2) is 0 Å². The predicted octanol–water partition coefficient (Wildman–Crippen LogP) is 3.58. The lowest BCUT2D eigenvalue weighted by atomic mass is 10.1. The lowest BCUT2D eigenvalue weighted by molar-refractivity contribution is -0.131. The van der Waals surface area contributed by atoms with Crippen LogP contribution < -0.4 is 0 Å². The normalized spacial score (nSPS) is 15.4. The van der Waals surface area contributed by atoms with Crippen molar-refractivity contribution in [3.8, 4) is 5.95 Å². The molecule has 1 amide bonds. The number of carbonyl (C=O) groups is 1. The Kier molecular flexibility index (Phi) is 4.94. The quantitative estimate of drug-likeness (QED) is 0.684. The second-order valence-electron chi connectivity index (χ2n) is 7.95. The van der Waals surface area contributed by atoms with Crippen LogP contribution in [0.4, 0.5) is 0 Å². The summed E-state index contributed by atoms with van der Waals surface area (Å²) >= 11 is 0. The number of amides is 1. The number of hydrogen-bond acceptors (Lipinski definition) is 4. The van der Waals surface area contributed by atoms with Gasteiger partial charge in [0.2, 0.25) is 5.91 Å². The van der Waals surface area contributed by atoms with Gasteiger partial charge in [-0.2, -0.15) is 5.10 Å². The molecule has 0 spiro atoms. The summed E-state index contributed by atoms with van der Waals surface area (Å²) in [7, 11) is 1.91. The lowest BCUT2D eigenvalue weighted by Gasteiger charge is -2.25. The van der Waals surface area contributed by atoms with Crippen LogP contribution in [0.15, 0.2) is 30.3 Å². The van der Waals surface area contributed by atoms with Gasteiger partial charge in [0.1, 0.15) is 0 Å². The second-order valence-corrected chi connectivity index (χ2v) is 7.95. The third-order valence-corrected chi connectivity index (χ3v) is 5.89. The molecular weight excluding hydrogens is 362 g/mol. The van der Waals surface area contributed by atoms with Gasteiger partial charge in [0, 0.05) is 29.7 Å². The maximum absolute atomic E-state index is 13.1. The minimum atomic E-state index is 0.110. The molecule has 1 aliphatic rings. The van der Waals surface area contributed by atoms with Crippen LogP contribution in [-0.4, -0.2) is 37.6 Å². The van der Waals surface area contributed by atoms with Crippen LogP contribution in [-0.2, 0) is 17.6 Å². The van der Waals surface area contributed by atoms with Crippen molar-refractivity contribution in [2.45, 2.75) is 53.0 Å². The SMILES string of the molecule is Cc1cc(C)nc(-n2nc(C)c(CC(=O)N(C)C3CCc4ccccc43)c2C)n1. The van der Waals surface area contributed by atoms with Gasteiger partial charge < -0.3 is 4.90 Å². The van der Waals surface area contributed by atoms with E-state index in [2.05, 4.69) is 39.3 Å². The topological polar surface area (TPSA) is 63.9 Å². The van der Waals surface area contributed by atoms with Crippen molar-refractivity contribution in [3.05, 3.63) is 69.8 Å². The molecular formula is C23H27N5O. The number of likely N-dealkylation sites (N-methyl/N-ethyl adjacent to an activating group) is 1. The monoisotopic (exact) mass is 389 g/mol. The first-order valence-electron chi connectivity index (χ1n) is 10.1. The number of aryl methyl sites for hydroxylation is 4. The van der Waals surface area contributed by atoms with Gasteiger partial charge in [-0.15, -0.1) is 0 Å². The zero-order valence-corrected chi connectivity index (χ0v) is 17.7. The van der Waals surface area contributed by atoms with Crippen LogP contribution >= 0.6 is 0 Å². The van der Waals surface area contributed by atoms with E-state index in [9.17, 15) is 4.79 Å². The molecule has 0 aliphatic heterocycles. The molecule has 0 saturated heterocycles. The molecule has 6 nitrogen and oxygen atoms in total. The molecule has 0 N–H and O–H groups in total. The summed E-state index contributed by atoms with van der Waals surface area (Å²) in [5.41, 5.74) is 7.14. The molecule has 0 radical (unpaired) electrons. The van der Waals surface area contributed by atoms with E-state index in [4.69, 9.17) is 0 Å². The first-order chi connectivity index (χ1) is 13.8. The van der Waals surface area contributed by atoms with Crippen LogP contribution in [0.1, 0.15) is 51.9 Å². The van der Waals surface area contributed by atoms with E-state index < -0.39 is 0 Å². The summed E-state index contributed by atoms with van der Waals surface area (Å²) < 4.78 is 1.75. The Bertz CT molecular complexity index is 1060. The molecule has 150 valence electrons. The van der Waals surface area contributed by atoms with Crippen molar-refractivity contribution in [1.29, 1.82) is 0 Å². The molecule has 29 heavy (non-hydrogen) atoms. The van der Waals surface area contributed by atoms with Crippen molar-refractivity contribution >= 4 is 5.91 Å². The Hall–Kier alpha value is -3.02. The molecule has 0 bridgehead atoms. The Labute approximate surface area is 171 Å². The maximum Gasteiger partial charge on any atom is 0.251 e. The molecule has 0 saturated carbocycles. The fourth-order valence-electron chi connectivity index (χ4n) is 4.31. The summed E-state index contributed by atoms with van der Waals surface area (Å²) in [6, 6.07) is 10.5. The Morgan fingerprint density at radius 2 is 1.83 bits per heavy atom. The maximum atomic E-state index is 13.1. The number of carbonyl (C=O) groups excluding carboxylic acids is 1. The van der Waals surface area contributed by atoms with Crippen molar-refractivity contribution in [1.82, 2.24) is 24.6 Å². The van der Waals surface area contributed by atoms with Crippen LogP contribution in [0, 0.1) is 27.7 Å². The summed E-state index contributed by atoms with van der Waals surface area (Å²) in [6.07, 6.45) is 2.34. The standard InChI is InChI=1S/C23H27N5O/c1-14-12-15(2)25-23(24-14)28-17(4)20(16(3)26-28)13-22(29)27(5)21-11-10-18-8-6-7-9-19(18)21/h6-9,12,21H,10-11,13H2,1-5H3. The molecule has 1 atom stereocenters. The largest absolute Gasteiger partial charge is 0.338 e. The highest BCUT2D eigenvalue weighted by molar-refractivity contribution is 5.79. The number of rotatable bonds is 4. The van der Waals surface area contributed by atoms with Gasteiger partial charge in [0.05, 0.1) is 18.2 Å². The van der Waals surface area contributed by atoms with Crippen molar-refractivity contribution in [2.24, 2.45) is 0 Å². The van der Waals surface area contributed by atoms with Gasteiger partial charge in [-0.3, -0.25) is 4.79 Å². The predicted molar refractivity (Wildman–Crippen MR) is 112 cm³/mol. The summed E-state index contributed by atoms with van der Waals surface area (Å²) in [4.78, 5) is 24.1. The summed E-state index contributed by atoms with van der Waals surface area (Å²) in [5.74, 6) is 0.665. The highest BCUT2D eigenvalue weighted by Gasteiger charge is 2.29. The van der Waals surface area contributed by atoms with Gasteiger partial charge in [-0.1, -0.05) is 24.3 Å². The molecule has 4 rings (SSSR count). The number of fused-ring (bicyclic) bond motifs is 1. The van der Waals surface area contributed by atoms with Crippen molar-refractivity contribution < 1.29 is 4.79 Å². The average molecular weight is 390 g/mol. The molecule has 3 aromatic rings. The minimum Gasteiger partial charge on any atom is -0.338 e. The molecule has 0 fully saturated rings. The molecule has 1 unspecified atom stereocenters. The van der Waals surface area contributed by atoms with E-state index in [0.717, 1.165) is 41.2 Å². The van der Waals surface area contributed by atoms with Crippen molar-refractivity contribution in [3.63, 3.8) is 0 Å². The van der Waals surface area contributed by atoms with Crippen LogP contribution in [0.3, 0.4) is 0 Å². The fraction of sp³-hybridized carbons (Fsp3) is 0.391. The Morgan fingerprint density at radius 1 is 1.14 bits per heavy atom. The van der Waals surface area contributed by atoms with Gasteiger partial charge in [0.25, 0.3) is 5.95 Å². The van der Waals surface area contributed by atoms with Gasteiger partial charge in [-0.05, 0) is 57.7 Å². The third kappa shape index (κ3) is 3.55. The first kappa shape index (κ1) is 19.3. The minimum absolute atomic E-state index is 0.110. The van der Waals surface area contributed by atoms with Gasteiger partial charge in [-0.25, -0.2) is 14.6 Å². The summed E-state index contributed by atoms with van der Waals surface area (Å²) in [6.45, 7) is 7.82. The van der Waals surface area contributed by atoms with Crippen LogP contribution in [0.2, 0.25) is 0 Å². The van der Waals surface area contributed by atoms with Crippen molar-refractivity contribution in [2.75, 3.05) is 7.05 Å². The van der Waals surface area contributed by atoms with Crippen LogP contribution in [0.5, 0.6) is 0 Å². The Morgan fingerprint density at radius 3 is 2.55 bits per heavy atom. The Balaban J connectivity index is 1.58. The molecule has 6 heteroatoms. The molecule has 2 aromatic heterocycles. The van der Waals surface area contributed by atoms with E-state index in [1.54, 1.807) is 4.68 Å². The van der Waals surface area contributed by atoms with E-state index >= 15 is 0 Å². The van der Waals surface area contributed by atoms with Gasteiger partial charge >= 0.3 is 0 Å². The van der Waals surface area contributed by atoms with E-state index in [1.165, 1.54) is 11.1 Å². The molecule has 1 aromatic carbocycles. The van der Waals surface area contributed by atoms with Crippen LogP contribution in [0.25, 0.3) is 5.95 Å². The second kappa shape index (κ2) is 7.43. The lowest BCUT2D eigenvalue weighted by Crippen LogP contribution is -2.31. The third-order valence-electron chi connectivity index (χ3n) is 5.89. The number of benzene rings is 1. The van der Waals surface area contributed by atoms with E-state index in [0.29, 0.717) is 12.4 Å². The van der Waals surface area contributed by atoms with E-state index in [-0.39, 0.29) is 11.9 Å². The zero-order chi connectivity index (χ0) is 20.7. The number of aromatic nitrogens is 4. The smallest absolute Gasteiger partial charge is 0.251 e. The number of nitrogens with zero attached hydrogens (tertiary/aromatic N) is 5. The molecule has 1 aliphatic carbocycles.